The molecule has 0 saturated carbocycles. The second-order valence-corrected chi connectivity index (χ2v) is 7.60. The van der Waals surface area contributed by atoms with Gasteiger partial charge in [0.2, 0.25) is 0 Å². The van der Waals surface area contributed by atoms with Gasteiger partial charge in [-0.15, -0.1) is 11.3 Å². The topological polar surface area (TPSA) is 72.2 Å². The standard InChI is InChI=1S/C13H15ClN2O2S2/c1-9(11-4-2-3-5-12(11)14)16-20(17,18)13-6-10(7-15)8-19-13/h2-6,8-9,16H,7,15H2,1H3. The summed E-state index contributed by atoms with van der Waals surface area (Å²) in [5.74, 6) is 0. The molecule has 0 fully saturated rings. The van der Waals surface area contributed by atoms with E-state index in [1.54, 1.807) is 36.6 Å². The number of halogens is 1. The monoisotopic (exact) mass is 330 g/mol. The van der Waals surface area contributed by atoms with Crippen molar-refractivity contribution in [2.24, 2.45) is 5.73 Å². The maximum Gasteiger partial charge on any atom is 0.250 e. The molecular formula is C13H15ClN2O2S2. The van der Waals surface area contributed by atoms with Crippen LogP contribution in [0.1, 0.15) is 24.1 Å². The predicted molar refractivity (Wildman–Crippen MR) is 82.4 cm³/mol. The molecule has 1 aromatic heterocycles. The molecule has 1 atom stereocenters. The Kier molecular flexibility index (Phi) is 4.82. The van der Waals surface area contributed by atoms with Gasteiger partial charge in [-0.2, -0.15) is 0 Å². The lowest BCUT2D eigenvalue weighted by Gasteiger charge is -2.15. The summed E-state index contributed by atoms with van der Waals surface area (Å²) in [7, 11) is -3.56. The van der Waals surface area contributed by atoms with Gasteiger partial charge in [0.1, 0.15) is 4.21 Å². The van der Waals surface area contributed by atoms with Crippen LogP contribution in [0, 0.1) is 0 Å². The highest BCUT2D eigenvalue weighted by Gasteiger charge is 2.21. The molecule has 2 rings (SSSR count). The minimum Gasteiger partial charge on any atom is -0.326 e. The Labute approximate surface area is 127 Å². The molecule has 0 aliphatic carbocycles. The summed E-state index contributed by atoms with van der Waals surface area (Å²) in [6.07, 6.45) is 0. The van der Waals surface area contributed by atoms with Gasteiger partial charge in [-0.3, -0.25) is 0 Å². The molecule has 0 amide bonds. The van der Waals surface area contributed by atoms with Crippen molar-refractivity contribution in [2.45, 2.75) is 23.7 Å². The first-order chi connectivity index (χ1) is 9.44. The van der Waals surface area contributed by atoms with Crippen molar-refractivity contribution in [3.63, 3.8) is 0 Å². The molecule has 4 nitrogen and oxygen atoms in total. The SMILES string of the molecule is CC(NS(=O)(=O)c1cc(CN)cs1)c1ccccc1Cl. The molecule has 1 heterocycles. The number of thiophene rings is 1. The third-order valence-corrected chi connectivity index (χ3v) is 6.21. The summed E-state index contributed by atoms with van der Waals surface area (Å²) < 4.78 is 27.4. The fraction of sp³-hybridized carbons (Fsp3) is 0.231. The molecule has 20 heavy (non-hydrogen) atoms. The number of rotatable bonds is 5. The smallest absolute Gasteiger partial charge is 0.250 e. The van der Waals surface area contributed by atoms with E-state index in [9.17, 15) is 8.42 Å². The molecule has 108 valence electrons. The van der Waals surface area contributed by atoms with Crippen LogP contribution in [0.15, 0.2) is 39.9 Å². The van der Waals surface area contributed by atoms with Crippen LogP contribution in [0.4, 0.5) is 0 Å². The molecule has 3 N–H and O–H groups in total. The van der Waals surface area contributed by atoms with Gasteiger partial charge >= 0.3 is 0 Å². The Balaban J connectivity index is 2.22. The zero-order chi connectivity index (χ0) is 14.8. The first kappa shape index (κ1) is 15.5. The molecule has 2 aromatic rings. The molecule has 0 bridgehead atoms. The normalized spacial score (nSPS) is 13.3. The maximum absolute atomic E-state index is 12.3. The zero-order valence-corrected chi connectivity index (χ0v) is 13.2. The fourth-order valence-electron chi connectivity index (χ4n) is 1.78. The molecule has 1 aromatic carbocycles. The highest BCUT2D eigenvalue weighted by atomic mass is 35.5. The number of hydrogen-bond donors (Lipinski definition) is 2. The van der Waals surface area contributed by atoms with Crippen molar-refractivity contribution in [2.75, 3.05) is 0 Å². The van der Waals surface area contributed by atoms with E-state index < -0.39 is 16.1 Å². The first-order valence-corrected chi connectivity index (χ1v) is 8.72. The summed E-state index contributed by atoms with van der Waals surface area (Å²) in [6.45, 7) is 2.09. The van der Waals surface area contributed by atoms with Crippen LogP contribution in [0.3, 0.4) is 0 Å². The van der Waals surface area contributed by atoms with Crippen molar-refractivity contribution in [3.8, 4) is 0 Å². The van der Waals surface area contributed by atoms with Gasteiger partial charge in [0.05, 0.1) is 0 Å². The Morgan fingerprint density at radius 1 is 1.40 bits per heavy atom. The lowest BCUT2D eigenvalue weighted by atomic mass is 10.1. The van der Waals surface area contributed by atoms with Gasteiger partial charge in [0.25, 0.3) is 10.0 Å². The molecule has 0 spiro atoms. The fourth-order valence-corrected chi connectivity index (χ4v) is 4.54. The van der Waals surface area contributed by atoms with Gasteiger partial charge in [-0.05, 0) is 35.6 Å². The van der Waals surface area contributed by atoms with Crippen molar-refractivity contribution in [1.29, 1.82) is 0 Å². The van der Waals surface area contributed by atoms with Crippen LogP contribution in [0.2, 0.25) is 5.02 Å². The highest BCUT2D eigenvalue weighted by Crippen LogP contribution is 2.26. The Morgan fingerprint density at radius 3 is 2.70 bits per heavy atom. The largest absolute Gasteiger partial charge is 0.326 e. The van der Waals surface area contributed by atoms with Gasteiger partial charge in [-0.1, -0.05) is 29.8 Å². The van der Waals surface area contributed by atoms with Crippen LogP contribution in [-0.4, -0.2) is 8.42 Å². The van der Waals surface area contributed by atoms with E-state index in [4.69, 9.17) is 17.3 Å². The molecule has 0 radical (unpaired) electrons. The van der Waals surface area contributed by atoms with E-state index >= 15 is 0 Å². The molecule has 0 saturated heterocycles. The summed E-state index contributed by atoms with van der Waals surface area (Å²) >= 11 is 7.23. The van der Waals surface area contributed by atoms with Crippen LogP contribution in [0.25, 0.3) is 0 Å². The zero-order valence-electron chi connectivity index (χ0n) is 10.8. The van der Waals surface area contributed by atoms with Gasteiger partial charge < -0.3 is 5.73 Å². The quantitative estimate of drug-likeness (QED) is 0.885. The van der Waals surface area contributed by atoms with Crippen molar-refractivity contribution < 1.29 is 8.42 Å². The molecule has 1 unspecified atom stereocenters. The predicted octanol–water partition coefficient (Wildman–Crippen LogP) is 2.90. The van der Waals surface area contributed by atoms with E-state index in [-0.39, 0.29) is 4.21 Å². The second-order valence-electron chi connectivity index (χ2n) is 4.34. The lowest BCUT2D eigenvalue weighted by Crippen LogP contribution is -2.26. The van der Waals surface area contributed by atoms with Crippen LogP contribution in [-0.2, 0) is 16.6 Å². The van der Waals surface area contributed by atoms with Gasteiger partial charge in [0, 0.05) is 17.6 Å². The maximum atomic E-state index is 12.3. The van der Waals surface area contributed by atoms with Crippen LogP contribution in [0.5, 0.6) is 0 Å². The third kappa shape index (κ3) is 3.39. The number of hydrogen-bond acceptors (Lipinski definition) is 4. The van der Waals surface area contributed by atoms with Crippen LogP contribution < -0.4 is 10.5 Å². The van der Waals surface area contributed by atoms with Crippen LogP contribution >= 0.6 is 22.9 Å². The highest BCUT2D eigenvalue weighted by molar-refractivity contribution is 7.91. The van der Waals surface area contributed by atoms with E-state index in [0.29, 0.717) is 11.6 Å². The van der Waals surface area contributed by atoms with Gasteiger partial charge in [-0.25, -0.2) is 13.1 Å². The first-order valence-electron chi connectivity index (χ1n) is 5.98. The number of nitrogens with one attached hydrogen (secondary N) is 1. The summed E-state index contributed by atoms with van der Waals surface area (Å²) in [6, 6.07) is 8.35. The molecule has 0 aliphatic heterocycles. The Bertz CT molecular complexity index is 698. The molecule has 7 heteroatoms. The second kappa shape index (κ2) is 6.24. The lowest BCUT2D eigenvalue weighted by molar-refractivity contribution is 0.569. The Morgan fingerprint density at radius 2 is 2.10 bits per heavy atom. The number of sulfonamides is 1. The molecular weight excluding hydrogens is 316 g/mol. The summed E-state index contributed by atoms with van der Waals surface area (Å²) in [5.41, 5.74) is 7.04. The van der Waals surface area contributed by atoms with E-state index in [1.807, 2.05) is 6.07 Å². The van der Waals surface area contributed by atoms with E-state index in [0.717, 1.165) is 22.5 Å². The Hall–Kier alpha value is -0.920. The van der Waals surface area contributed by atoms with E-state index in [1.165, 1.54) is 0 Å². The third-order valence-electron chi connectivity index (χ3n) is 2.83. The number of benzene rings is 1. The average Bonchev–Trinajstić information content (AvgIpc) is 2.88. The summed E-state index contributed by atoms with van der Waals surface area (Å²) in [4.78, 5) is 0. The number of nitrogens with two attached hydrogens (primary N) is 1. The minimum absolute atomic E-state index is 0.261. The molecule has 0 aliphatic rings. The van der Waals surface area contributed by atoms with Crippen molar-refractivity contribution in [1.82, 2.24) is 4.72 Å². The minimum atomic E-state index is -3.56. The van der Waals surface area contributed by atoms with E-state index in [2.05, 4.69) is 4.72 Å². The van der Waals surface area contributed by atoms with Crippen molar-refractivity contribution in [3.05, 3.63) is 51.9 Å². The average molecular weight is 331 g/mol. The summed E-state index contributed by atoms with van der Waals surface area (Å²) in [5, 5.41) is 2.28. The van der Waals surface area contributed by atoms with Gasteiger partial charge in [0.15, 0.2) is 0 Å². The van der Waals surface area contributed by atoms with Crippen molar-refractivity contribution >= 4 is 33.0 Å².